The highest BCUT2D eigenvalue weighted by Crippen LogP contribution is 2.22. The summed E-state index contributed by atoms with van der Waals surface area (Å²) in [5.74, 6) is -29.5. The van der Waals surface area contributed by atoms with Crippen molar-refractivity contribution in [2.24, 2.45) is 11.7 Å². The Bertz CT molecular complexity index is 4050. The number of anilines is 1. The summed E-state index contributed by atoms with van der Waals surface area (Å²) >= 11 is 1.12. The largest absolute Gasteiger partial charge is 0.481 e. The number of nitrogens with two attached hydrogens (primary N) is 2. The van der Waals surface area contributed by atoms with Crippen LogP contribution in [0.4, 0.5) is 5.69 Å². The lowest BCUT2D eigenvalue weighted by molar-refractivity contribution is -0.156. The van der Waals surface area contributed by atoms with Gasteiger partial charge in [0.2, 0.25) is 82.7 Å². The number of carbonyl (C=O) groups is 20. The number of nitrogen functional groups attached to an aromatic ring is 1. The predicted octanol–water partition coefficient (Wildman–Crippen LogP) is -4.61. The Labute approximate surface area is 662 Å². The van der Waals surface area contributed by atoms with Gasteiger partial charge in [0.25, 0.3) is 0 Å². The number of unbranched alkanes of at least 4 members (excludes halogenated alkanes) is 6. The number of esters is 1. The van der Waals surface area contributed by atoms with E-state index in [-0.39, 0.29) is 36.3 Å². The van der Waals surface area contributed by atoms with Gasteiger partial charge < -0.3 is 116 Å². The number of hydrogen-bond donors (Lipinski definition) is 21. The third-order valence-electron chi connectivity index (χ3n) is 17.8. The van der Waals surface area contributed by atoms with Crippen molar-refractivity contribution in [3.63, 3.8) is 0 Å². The number of nitrogens with one attached hydrogen (secondary N) is 14. The Hall–Kier alpha value is -12.3. The molecular weight excluding hydrogens is 1540 g/mol. The summed E-state index contributed by atoms with van der Waals surface area (Å²) in [5, 5.41) is 78.9. The standard InChI is InChI=1S/C72H100N16O26S/c1-6-7-8-9-10-11-12-21-53(92)80-44(25-38-31-75-42-20-16-14-17-39(38)42)66(107)83-45(27-52(74)91)67(108)85-48(30-59(101)102)68(109)88-61-37(4)114-72(113)49(26-51(90)40-18-13-15-19-41(40)73)86-71(112)60(35(2)24-56(95)96)87-69(110)50(34-89)81-55(94)32-76-63(104)46(28-57(97)98)82-62(103)36(3)78-65(106)47(29-58(99)100)84-64(105)43(22-23-115-5)79-54(93)33-77-70(61)111/h13-20,31,35-37,43-50,60-61,75,89H,6-12,21-30,32-34,73H2,1-5H3,(H2,74,91)(H,76,104)(H,77,111)(H,78,106)(H,79,93)(H,80,92)(H,81,94)(H,82,103)(H,83,107)(H,84,105)(H,85,108)(H,86,112)(H,87,110)(H,88,109)(H,95,96)(H,97,98)(H,99,100)(H,101,102)/t35-,36+,37+,43-,44-,45-,46-,47-,48-,49-,50+,60-,61-/m0/s1. The molecule has 0 bridgehead atoms. The molecule has 1 fully saturated rings. The second kappa shape index (κ2) is 47.9. The molecule has 1 aromatic heterocycles. The fraction of sp³-hybridized carbons (Fsp3) is 0.528. The molecule has 14 amide bonds. The number of fused-ring (bicyclic) bond motifs is 1. The zero-order valence-electron chi connectivity index (χ0n) is 63.7. The van der Waals surface area contributed by atoms with E-state index in [9.17, 15) is 121 Å². The summed E-state index contributed by atoms with van der Waals surface area (Å²) in [4.78, 5) is 276. The lowest BCUT2D eigenvalue weighted by atomic mass is 9.96. The zero-order valence-corrected chi connectivity index (χ0v) is 64.5. The second-order valence-corrected chi connectivity index (χ2v) is 28.1. The number of ether oxygens (including phenoxy) is 1. The maximum absolute atomic E-state index is 14.8. The van der Waals surface area contributed by atoms with E-state index >= 15 is 0 Å². The molecule has 0 spiro atoms. The van der Waals surface area contributed by atoms with Crippen LogP contribution in [0.3, 0.4) is 0 Å². The van der Waals surface area contributed by atoms with Crippen molar-refractivity contribution in [2.75, 3.05) is 37.4 Å². The monoisotopic (exact) mass is 1640 g/mol. The maximum atomic E-state index is 14.8. The molecule has 4 rings (SSSR count). The summed E-state index contributed by atoms with van der Waals surface area (Å²) in [5.41, 5.74) is 12.4. The van der Waals surface area contributed by atoms with Crippen molar-refractivity contribution >= 4 is 147 Å². The van der Waals surface area contributed by atoms with Crippen molar-refractivity contribution in [1.29, 1.82) is 0 Å². The molecule has 42 nitrogen and oxygen atoms in total. The lowest BCUT2D eigenvalue weighted by Gasteiger charge is -2.30. The SMILES string of the molecule is CCCCCCCCCC(=O)N[C@@H](Cc1c[nH]c2ccccc12)C(=O)N[C@@H](CC(N)=O)C(=O)N[C@@H](CC(=O)O)C(=O)N[C@@H]1C(=O)NCC(=O)N[C@@H](CCSC)C(=O)N[C@@H](CC(=O)O)C(=O)N[C@H](C)C(=O)N[C@@H](CC(=O)O)C(=O)NCC(=O)N[C@H](CO)C(=O)N[C@@H]([C@@H](C)CC(=O)O)C(=O)N[C@@H](CC(=O)c2ccccc2N)C(=O)O[C@@H]1C. The topological polar surface area (TPSA) is 676 Å². The van der Waals surface area contributed by atoms with Gasteiger partial charge >= 0.3 is 29.8 Å². The Balaban J connectivity index is 1.87. The van der Waals surface area contributed by atoms with Gasteiger partial charge in [-0.05, 0) is 68.4 Å². The molecule has 13 atom stereocenters. The number of thioether (sulfide) groups is 1. The molecule has 1 saturated heterocycles. The minimum absolute atomic E-state index is 0.0155. The molecule has 0 saturated carbocycles. The molecule has 0 unspecified atom stereocenters. The number of para-hydroxylation sites is 2. The number of rotatable bonds is 35. The number of aliphatic hydroxyl groups excluding tert-OH is 1. The quantitative estimate of drug-likeness (QED) is 0.0114. The van der Waals surface area contributed by atoms with Crippen LogP contribution in [-0.4, -0.2) is 253 Å². The number of benzene rings is 2. The third kappa shape index (κ3) is 32.7. The maximum Gasteiger partial charge on any atom is 0.329 e. The number of hydrogen-bond acceptors (Lipinski definition) is 24. The average molecular weight is 1640 g/mol. The normalized spacial score (nSPS) is 21.2. The van der Waals surface area contributed by atoms with E-state index in [1.54, 1.807) is 36.7 Å². The fourth-order valence-electron chi connectivity index (χ4n) is 11.6. The Morgan fingerprint density at radius 2 is 1.10 bits per heavy atom. The number of Topliss-reactive ketones (excluding diaryl/α,β-unsaturated/α-hetero) is 1. The van der Waals surface area contributed by atoms with Crippen LogP contribution in [0.25, 0.3) is 10.9 Å². The number of aliphatic carboxylic acids is 4. The molecule has 2 heterocycles. The molecule has 23 N–H and O–H groups in total. The number of aromatic nitrogens is 1. The first-order valence-electron chi connectivity index (χ1n) is 36.6. The molecule has 630 valence electrons. The van der Waals surface area contributed by atoms with E-state index in [1.165, 1.54) is 24.3 Å². The van der Waals surface area contributed by atoms with Gasteiger partial charge in [0.15, 0.2) is 5.78 Å². The smallest absolute Gasteiger partial charge is 0.329 e. The van der Waals surface area contributed by atoms with E-state index in [0.717, 1.165) is 64.6 Å². The highest BCUT2D eigenvalue weighted by Gasteiger charge is 2.41. The number of H-pyrrole nitrogens is 1. The van der Waals surface area contributed by atoms with Crippen LogP contribution in [0.15, 0.2) is 54.7 Å². The van der Waals surface area contributed by atoms with E-state index in [0.29, 0.717) is 29.3 Å². The summed E-state index contributed by atoms with van der Waals surface area (Å²) in [6.45, 7) is 1.35. The van der Waals surface area contributed by atoms with Gasteiger partial charge in [0.1, 0.15) is 72.6 Å². The first kappa shape index (κ1) is 95.1. The molecule has 43 heteroatoms. The Kier molecular flexibility index (Phi) is 39.6. The number of primary amides is 1. The van der Waals surface area contributed by atoms with Crippen molar-refractivity contribution < 1.29 is 126 Å². The number of carbonyl (C=O) groups excluding carboxylic acids is 16. The van der Waals surface area contributed by atoms with Crippen LogP contribution >= 0.6 is 11.8 Å². The number of aliphatic hydroxyl groups is 1. The third-order valence-corrected chi connectivity index (χ3v) is 18.4. The number of carboxylic acids is 4. The second-order valence-electron chi connectivity index (χ2n) is 27.1. The van der Waals surface area contributed by atoms with E-state index in [1.807, 2.05) is 16.0 Å². The van der Waals surface area contributed by atoms with Gasteiger partial charge in [0.05, 0.1) is 51.8 Å². The van der Waals surface area contributed by atoms with E-state index in [4.69, 9.17) is 16.2 Å². The Morgan fingerprint density at radius 1 is 0.565 bits per heavy atom. The number of ketones is 1. The number of cyclic esters (lactones) is 1. The van der Waals surface area contributed by atoms with Crippen LogP contribution in [0.5, 0.6) is 0 Å². The summed E-state index contributed by atoms with van der Waals surface area (Å²) < 4.78 is 5.69. The highest BCUT2D eigenvalue weighted by molar-refractivity contribution is 7.98. The van der Waals surface area contributed by atoms with Crippen molar-refractivity contribution in [3.05, 3.63) is 65.9 Å². The molecule has 0 aliphatic carbocycles. The van der Waals surface area contributed by atoms with Crippen molar-refractivity contribution in [3.8, 4) is 0 Å². The van der Waals surface area contributed by atoms with Gasteiger partial charge in [-0.1, -0.05) is 82.7 Å². The van der Waals surface area contributed by atoms with Crippen LogP contribution < -0.4 is 80.6 Å². The summed E-state index contributed by atoms with van der Waals surface area (Å²) in [6, 6.07) is -10.4. The van der Waals surface area contributed by atoms with Crippen LogP contribution in [0.2, 0.25) is 0 Å². The molecule has 1 aliphatic heterocycles. The molecule has 115 heavy (non-hydrogen) atoms. The first-order valence-corrected chi connectivity index (χ1v) is 38.0. The number of aromatic amines is 1. The minimum atomic E-state index is -2.44. The lowest BCUT2D eigenvalue weighted by Crippen LogP contribution is -2.62. The van der Waals surface area contributed by atoms with Crippen molar-refractivity contribution in [2.45, 2.75) is 203 Å². The molecule has 2 aromatic carbocycles. The fourth-order valence-corrected chi connectivity index (χ4v) is 12.1. The van der Waals surface area contributed by atoms with E-state index in [2.05, 4.69) is 65.1 Å². The number of amides is 14. The van der Waals surface area contributed by atoms with Crippen LogP contribution in [0, 0.1) is 5.92 Å². The van der Waals surface area contributed by atoms with Crippen LogP contribution in [-0.2, 0) is 102 Å². The zero-order chi connectivity index (χ0) is 85.8. The molecular formula is C72H100N16O26S. The van der Waals surface area contributed by atoms with Gasteiger partial charge in [-0.2, -0.15) is 11.8 Å². The Morgan fingerprint density at radius 3 is 1.70 bits per heavy atom. The molecule has 3 aromatic rings. The number of carboxylic acid groups (broad SMARTS) is 4. The van der Waals surface area contributed by atoms with Gasteiger partial charge in [-0.3, -0.25) is 91.1 Å². The first-order chi connectivity index (χ1) is 54.4. The van der Waals surface area contributed by atoms with Gasteiger partial charge in [0, 0.05) is 47.6 Å². The van der Waals surface area contributed by atoms with Gasteiger partial charge in [-0.25, -0.2) is 4.79 Å². The van der Waals surface area contributed by atoms with Gasteiger partial charge in [-0.15, -0.1) is 0 Å². The van der Waals surface area contributed by atoms with E-state index < -0.39 is 255 Å². The van der Waals surface area contributed by atoms with Crippen molar-refractivity contribution in [1.82, 2.24) is 74.1 Å². The highest BCUT2D eigenvalue weighted by atomic mass is 32.2. The molecule has 1 aliphatic rings. The summed E-state index contributed by atoms with van der Waals surface area (Å²) in [7, 11) is 0. The van der Waals surface area contributed by atoms with Crippen LogP contribution in [0.1, 0.15) is 140 Å². The summed E-state index contributed by atoms with van der Waals surface area (Å²) in [6.07, 6.45) is -0.494. The minimum Gasteiger partial charge on any atom is -0.481 e. The predicted molar refractivity (Wildman–Crippen MR) is 405 cm³/mol. The average Bonchev–Trinajstić information content (AvgIpc) is 1.72. The molecule has 0 radical (unpaired) electrons.